The highest BCUT2D eigenvalue weighted by Gasteiger charge is 2.09. The molecular weight excluding hydrogens is 207 g/mol. The van der Waals surface area contributed by atoms with Crippen LogP contribution in [0.4, 0.5) is 4.39 Å². The SMILES string of the molecule is NC(=O)c1ccc(-c2cccnc2)cc1F. The highest BCUT2D eigenvalue weighted by atomic mass is 19.1. The summed E-state index contributed by atoms with van der Waals surface area (Å²) in [4.78, 5) is 14.8. The molecule has 0 aliphatic heterocycles. The molecule has 0 radical (unpaired) electrons. The lowest BCUT2D eigenvalue weighted by Gasteiger charge is -2.03. The van der Waals surface area contributed by atoms with E-state index in [9.17, 15) is 9.18 Å². The third kappa shape index (κ3) is 1.91. The molecule has 0 atom stereocenters. The highest BCUT2D eigenvalue weighted by Crippen LogP contribution is 2.20. The Morgan fingerprint density at radius 3 is 2.62 bits per heavy atom. The number of pyridine rings is 1. The first-order valence-electron chi connectivity index (χ1n) is 4.68. The van der Waals surface area contributed by atoms with Gasteiger partial charge in [-0.25, -0.2) is 4.39 Å². The van der Waals surface area contributed by atoms with Crippen molar-refractivity contribution in [2.24, 2.45) is 5.73 Å². The van der Waals surface area contributed by atoms with E-state index in [-0.39, 0.29) is 5.56 Å². The number of halogens is 1. The molecule has 0 unspecified atom stereocenters. The molecule has 80 valence electrons. The normalized spacial score (nSPS) is 10.1. The quantitative estimate of drug-likeness (QED) is 0.834. The monoisotopic (exact) mass is 216 g/mol. The Morgan fingerprint density at radius 1 is 1.25 bits per heavy atom. The van der Waals surface area contributed by atoms with E-state index in [1.165, 1.54) is 12.1 Å². The van der Waals surface area contributed by atoms with Crippen LogP contribution in [0.2, 0.25) is 0 Å². The van der Waals surface area contributed by atoms with Gasteiger partial charge in [-0.05, 0) is 23.8 Å². The van der Waals surface area contributed by atoms with Crippen molar-refractivity contribution in [2.45, 2.75) is 0 Å². The average Bonchev–Trinajstić information content (AvgIpc) is 2.29. The lowest BCUT2D eigenvalue weighted by molar-refractivity contribution is 0.0996. The van der Waals surface area contributed by atoms with Crippen molar-refractivity contribution >= 4 is 5.91 Å². The Morgan fingerprint density at radius 2 is 2.06 bits per heavy atom. The maximum Gasteiger partial charge on any atom is 0.251 e. The maximum absolute atomic E-state index is 13.5. The molecule has 4 heteroatoms. The zero-order chi connectivity index (χ0) is 11.5. The Hall–Kier alpha value is -2.23. The van der Waals surface area contributed by atoms with Gasteiger partial charge in [0.1, 0.15) is 5.82 Å². The zero-order valence-electron chi connectivity index (χ0n) is 8.35. The number of hydrogen-bond acceptors (Lipinski definition) is 2. The lowest BCUT2D eigenvalue weighted by Crippen LogP contribution is -2.12. The number of aromatic nitrogens is 1. The van der Waals surface area contributed by atoms with Gasteiger partial charge in [0, 0.05) is 18.0 Å². The topological polar surface area (TPSA) is 56.0 Å². The molecule has 1 amide bonds. The van der Waals surface area contributed by atoms with E-state index in [1.54, 1.807) is 24.5 Å². The van der Waals surface area contributed by atoms with Crippen molar-refractivity contribution in [3.8, 4) is 11.1 Å². The van der Waals surface area contributed by atoms with Gasteiger partial charge in [-0.1, -0.05) is 12.1 Å². The fourth-order valence-corrected chi connectivity index (χ4v) is 1.43. The number of benzene rings is 1. The van der Waals surface area contributed by atoms with Gasteiger partial charge < -0.3 is 5.73 Å². The molecule has 16 heavy (non-hydrogen) atoms. The molecule has 2 aromatic rings. The summed E-state index contributed by atoms with van der Waals surface area (Å²) in [6, 6.07) is 7.86. The van der Waals surface area contributed by atoms with E-state index in [0.717, 1.165) is 5.56 Å². The number of carbonyl (C=O) groups is 1. The first kappa shape index (κ1) is 10.3. The van der Waals surface area contributed by atoms with Crippen molar-refractivity contribution in [3.05, 3.63) is 54.1 Å². The van der Waals surface area contributed by atoms with Crippen LogP contribution in [0.25, 0.3) is 11.1 Å². The van der Waals surface area contributed by atoms with E-state index < -0.39 is 11.7 Å². The summed E-state index contributed by atoms with van der Waals surface area (Å²) in [6.07, 6.45) is 3.26. The lowest BCUT2D eigenvalue weighted by atomic mass is 10.1. The largest absolute Gasteiger partial charge is 0.366 e. The summed E-state index contributed by atoms with van der Waals surface area (Å²) < 4.78 is 13.5. The van der Waals surface area contributed by atoms with Crippen molar-refractivity contribution in [3.63, 3.8) is 0 Å². The first-order chi connectivity index (χ1) is 7.68. The molecule has 1 aromatic carbocycles. The van der Waals surface area contributed by atoms with Crippen LogP contribution in [0.3, 0.4) is 0 Å². The van der Waals surface area contributed by atoms with Crippen molar-refractivity contribution in [1.82, 2.24) is 4.98 Å². The van der Waals surface area contributed by atoms with Crippen molar-refractivity contribution in [2.75, 3.05) is 0 Å². The van der Waals surface area contributed by atoms with Gasteiger partial charge in [0.25, 0.3) is 5.91 Å². The molecular formula is C12H9FN2O. The fraction of sp³-hybridized carbons (Fsp3) is 0. The van der Waals surface area contributed by atoms with Crippen molar-refractivity contribution < 1.29 is 9.18 Å². The fourth-order valence-electron chi connectivity index (χ4n) is 1.43. The summed E-state index contributed by atoms with van der Waals surface area (Å²) in [6.45, 7) is 0. The Labute approximate surface area is 91.7 Å². The molecule has 2 N–H and O–H groups in total. The molecule has 0 aliphatic rings. The highest BCUT2D eigenvalue weighted by molar-refractivity contribution is 5.93. The summed E-state index contributed by atoms with van der Waals surface area (Å²) in [5.74, 6) is -1.39. The zero-order valence-corrected chi connectivity index (χ0v) is 8.35. The minimum absolute atomic E-state index is 0.104. The van der Waals surface area contributed by atoms with E-state index in [4.69, 9.17) is 5.73 Å². The molecule has 3 nitrogen and oxygen atoms in total. The molecule has 0 bridgehead atoms. The maximum atomic E-state index is 13.5. The van der Waals surface area contributed by atoms with E-state index >= 15 is 0 Å². The summed E-state index contributed by atoms with van der Waals surface area (Å²) in [7, 11) is 0. The van der Waals surface area contributed by atoms with Crippen LogP contribution in [0, 0.1) is 5.82 Å². The Balaban J connectivity index is 2.46. The molecule has 0 saturated heterocycles. The minimum Gasteiger partial charge on any atom is -0.366 e. The summed E-state index contributed by atoms with van der Waals surface area (Å²) in [5, 5.41) is 0. The number of nitrogens with zero attached hydrogens (tertiary/aromatic N) is 1. The van der Waals surface area contributed by atoms with Gasteiger partial charge in [0.05, 0.1) is 5.56 Å². The van der Waals surface area contributed by atoms with Crippen molar-refractivity contribution in [1.29, 1.82) is 0 Å². The second-order valence-electron chi connectivity index (χ2n) is 3.30. The molecule has 2 rings (SSSR count). The smallest absolute Gasteiger partial charge is 0.251 e. The van der Waals surface area contributed by atoms with Crippen LogP contribution in [-0.2, 0) is 0 Å². The standard InChI is InChI=1S/C12H9FN2O/c13-11-6-8(3-4-10(11)12(14)16)9-2-1-5-15-7-9/h1-7H,(H2,14,16). The van der Waals surface area contributed by atoms with Gasteiger partial charge >= 0.3 is 0 Å². The number of carbonyl (C=O) groups excluding carboxylic acids is 1. The predicted octanol–water partition coefficient (Wildman–Crippen LogP) is 1.99. The van der Waals surface area contributed by atoms with E-state index in [1.807, 2.05) is 6.07 Å². The van der Waals surface area contributed by atoms with Crippen LogP contribution in [0.5, 0.6) is 0 Å². The number of nitrogens with two attached hydrogens (primary N) is 1. The molecule has 0 saturated carbocycles. The van der Waals surface area contributed by atoms with Crippen LogP contribution in [0.15, 0.2) is 42.7 Å². The van der Waals surface area contributed by atoms with Crippen LogP contribution in [-0.4, -0.2) is 10.9 Å². The van der Waals surface area contributed by atoms with Gasteiger partial charge in [-0.15, -0.1) is 0 Å². The van der Waals surface area contributed by atoms with Crippen LogP contribution < -0.4 is 5.73 Å². The summed E-state index contributed by atoms with van der Waals surface area (Å²) >= 11 is 0. The van der Waals surface area contributed by atoms with Crippen LogP contribution in [0.1, 0.15) is 10.4 Å². The first-order valence-corrected chi connectivity index (χ1v) is 4.68. The molecule has 0 aliphatic carbocycles. The molecule has 0 spiro atoms. The Bertz CT molecular complexity index is 526. The van der Waals surface area contributed by atoms with E-state index in [2.05, 4.69) is 4.98 Å². The molecule has 0 fully saturated rings. The third-order valence-electron chi connectivity index (χ3n) is 2.23. The molecule has 1 heterocycles. The third-order valence-corrected chi connectivity index (χ3v) is 2.23. The van der Waals surface area contributed by atoms with Crippen LogP contribution >= 0.6 is 0 Å². The number of rotatable bonds is 2. The summed E-state index contributed by atoms with van der Waals surface area (Å²) in [5.41, 5.74) is 6.36. The average molecular weight is 216 g/mol. The van der Waals surface area contributed by atoms with Gasteiger partial charge in [-0.3, -0.25) is 9.78 Å². The Kier molecular flexibility index (Phi) is 2.64. The molecule has 1 aromatic heterocycles. The predicted molar refractivity (Wildman–Crippen MR) is 58.1 cm³/mol. The number of amides is 1. The minimum atomic E-state index is -0.768. The second-order valence-corrected chi connectivity index (χ2v) is 3.30. The number of primary amides is 1. The van der Waals surface area contributed by atoms with E-state index in [0.29, 0.717) is 5.56 Å². The second kappa shape index (κ2) is 4.10. The van der Waals surface area contributed by atoms with Gasteiger partial charge in [-0.2, -0.15) is 0 Å². The van der Waals surface area contributed by atoms with Gasteiger partial charge in [0.2, 0.25) is 0 Å². The number of hydrogen-bond donors (Lipinski definition) is 1. The van der Waals surface area contributed by atoms with Gasteiger partial charge in [0.15, 0.2) is 0 Å².